The molecule has 0 aromatic heterocycles. The second kappa shape index (κ2) is 9.35. The van der Waals surface area contributed by atoms with Crippen LogP contribution in [-0.2, 0) is 19.0 Å². The highest BCUT2D eigenvalue weighted by Crippen LogP contribution is 2.15. The minimum absolute atomic E-state index is 0.0699. The normalized spacial score (nSPS) is 17.2. The molecule has 0 saturated carbocycles. The molecule has 0 N–H and O–H groups in total. The average molecular weight is 302 g/mol. The van der Waals surface area contributed by atoms with Crippen LogP contribution in [0.25, 0.3) is 0 Å². The Morgan fingerprint density at radius 1 is 0.952 bits per heavy atom. The van der Waals surface area contributed by atoms with E-state index in [0.29, 0.717) is 26.4 Å². The number of hydrogen-bond donors (Lipinski definition) is 0. The first-order valence-electron chi connectivity index (χ1n) is 7.62. The second-order valence-electron chi connectivity index (χ2n) is 6.20. The number of carbonyl (C=O) groups excluding carboxylic acids is 1. The Morgan fingerprint density at radius 2 is 1.52 bits per heavy atom. The monoisotopic (exact) mass is 302 g/mol. The predicted molar refractivity (Wildman–Crippen MR) is 81.4 cm³/mol. The highest BCUT2D eigenvalue weighted by molar-refractivity contribution is 5.77. The summed E-state index contributed by atoms with van der Waals surface area (Å²) < 4.78 is 15.5. The summed E-state index contributed by atoms with van der Waals surface area (Å²) in [5, 5.41) is 0. The molecule has 0 radical (unpaired) electrons. The topological polar surface area (TPSA) is 51.2 Å². The molecule has 0 bridgehead atoms. The molecule has 1 amide bonds. The first-order chi connectivity index (χ1) is 9.95. The molecule has 1 aliphatic heterocycles. The molecule has 0 aliphatic carbocycles. The van der Waals surface area contributed by atoms with Crippen molar-refractivity contribution in [1.82, 2.24) is 9.80 Å². The summed E-state index contributed by atoms with van der Waals surface area (Å²) in [6, 6.07) is 0. The molecule has 21 heavy (non-hydrogen) atoms. The van der Waals surface area contributed by atoms with Crippen LogP contribution in [0.4, 0.5) is 0 Å². The fourth-order valence-electron chi connectivity index (χ4n) is 2.24. The van der Waals surface area contributed by atoms with Crippen LogP contribution in [0.3, 0.4) is 0 Å². The highest BCUT2D eigenvalue weighted by atomic mass is 16.5. The summed E-state index contributed by atoms with van der Waals surface area (Å²) in [7, 11) is 1.64. The van der Waals surface area contributed by atoms with E-state index in [0.717, 1.165) is 26.2 Å². The van der Waals surface area contributed by atoms with Crippen molar-refractivity contribution in [3.63, 3.8) is 0 Å². The lowest BCUT2D eigenvalue weighted by Gasteiger charge is -2.42. The van der Waals surface area contributed by atoms with Crippen LogP contribution in [0.1, 0.15) is 20.8 Å². The molecule has 1 aliphatic rings. The SMILES string of the molecule is COCCOCCOCC(=O)N1CCN(C(C)(C)C)CC1. The first-order valence-corrected chi connectivity index (χ1v) is 7.62. The number of piperazine rings is 1. The molecule has 0 atom stereocenters. The number of ether oxygens (including phenoxy) is 3. The predicted octanol–water partition coefficient (Wildman–Crippen LogP) is 0.609. The summed E-state index contributed by atoms with van der Waals surface area (Å²) in [5.41, 5.74) is 0.172. The quantitative estimate of drug-likeness (QED) is 0.615. The molecule has 1 fully saturated rings. The number of hydrogen-bond acceptors (Lipinski definition) is 5. The van der Waals surface area contributed by atoms with Crippen LogP contribution in [0.15, 0.2) is 0 Å². The van der Waals surface area contributed by atoms with Gasteiger partial charge >= 0.3 is 0 Å². The van der Waals surface area contributed by atoms with Gasteiger partial charge in [-0.1, -0.05) is 0 Å². The van der Waals surface area contributed by atoms with E-state index < -0.39 is 0 Å². The van der Waals surface area contributed by atoms with Crippen LogP contribution in [0.5, 0.6) is 0 Å². The van der Waals surface area contributed by atoms with Gasteiger partial charge in [0.15, 0.2) is 0 Å². The maximum Gasteiger partial charge on any atom is 0.248 e. The summed E-state index contributed by atoms with van der Waals surface area (Å²) in [6.45, 7) is 12.2. The summed E-state index contributed by atoms with van der Waals surface area (Å²) in [4.78, 5) is 16.3. The van der Waals surface area contributed by atoms with Crippen molar-refractivity contribution in [1.29, 1.82) is 0 Å². The Balaban J connectivity index is 2.09. The fraction of sp³-hybridized carbons (Fsp3) is 0.933. The lowest BCUT2D eigenvalue weighted by Crippen LogP contribution is -2.55. The van der Waals surface area contributed by atoms with Gasteiger partial charge in [-0.25, -0.2) is 0 Å². The third kappa shape index (κ3) is 7.22. The molecule has 0 unspecified atom stereocenters. The largest absolute Gasteiger partial charge is 0.382 e. The van der Waals surface area contributed by atoms with E-state index in [4.69, 9.17) is 14.2 Å². The highest BCUT2D eigenvalue weighted by Gasteiger charge is 2.27. The van der Waals surface area contributed by atoms with Crippen molar-refractivity contribution < 1.29 is 19.0 Å². The zero-order valence-electron chi connectivity index (χ0n) is 13.9. The van der Waals surface area contributed by atoms with Gasteiger partial charge in [-0.2, -0.15) is 0 Å². The average Bonchev–Trinajstić information content (AvgIpc) is 2.45. The van der Waals surface area contributed by atoms with E-state index in [2.05, 4.69) is 25.7 Å². The van der Waals surface area contributed by atoms with Crippen LogP contribution in [0.2, 0.25) is 0 Å². The Morgan fingerprint density at radius 3 is 2.10 bits per heavy atom. The van der Waals surface area contributed by atoms with Gasteiger partial charge in [-0.15, -0.1) is 0 Å². The van der Waals surface area contributed by atoms with Crippen LogP contribution in [-0.4, -0.2) is 87.6 Å². The van der Waals surface area contributed by atoms with E-state index in [9.17, 15) is 4.79 Å². The smallest absolute Gasteiger partial charge is 0.248 e. The van der Waals surface area contributed by atoms with E-state index in [1.807, 2.05) is 4.90 Å². The lowest BCUT2D eigenvalue weighted by atomic mass is 10.1. The standard InChI is InChI=1S/C15H30N2O4/c1-15(2,3)17-7-5-16(6-8-17)14(18)13-21-12-11-20-10-9-19-4/h5-13H2,1-4H3. The lowest BCUT2D eigenvalue weighted by molar-refractivity contribution is -0.139. The second-order valence-corrected chi connectivity index (χ2v) is 6.20. The van der Waals surface area contributed by atoms with E-state index in [-0.39, 0.29) is 18.1 Å². The first kappa shape index (κ1) is 18.4. The molecule has 1 heterocycles. The summed E-state index contributed by atoms with van der Waals surface area (Å²) in [5.74, 6) is 0.0699. The molecule has 6 nitrogen and oxygen atoms in total. The maximum atomic E-state index is 12.0. The van der Waals surface area contributed by atoms with Crippen LogP contribution >= 0.6 is 0 Å². The summed E-state index contributed by atoms with van der Waals surface area (Å²) in [6.07, 6.45) is 0. The van der Waals surface area contributed by atoms with Crippen molar-refractivity contribution in [3.05, 3.63) is 0 Å². The van der Waals surface area contributed by atoms with E-state index >= 15 is 0 Å². The van der Waals surface area contributed by atoms with Gasteiger partial charge < -0.3 is 19.1 Å². The third-order valence-corrected chi connectivity index (χ3v) is 3.61. The van der Waals surface area contributed by atoms with Gasteiger partial charge in [0.25, 0.3) is 0 Å². The number of amides is 1. The molecule has 0 aromatic rings. The molecular formula is C15H30N2O4. The summed E-state index contributed by atoms with van der Waals surface area (Å²) >= 11 is 0. The number of methoxy groups -OCH3 is 1. The third-order valence-electron chi connectivity index (χ3n) is 3.61. The molecule has 1 saturated heterocycles. The van der Waals surface area contributed by atoms with Crippen molar-refractivity contribution in [2.24, 2.45) is 0 Å². The molecular weight excluding hydrogens is 272 g/mol. The van der Waals surface area contributed by atoms with Crippen molar-refractivity contribution in [2.75, 3.05) is 66.3 Å². The Labute approximate surface area is 128 Å². The molecule has 6 heteroatoms. The molecule has 124 valence electrons. The fourth-order valence-corrected chi connectivity index (χ4v) is 2.24. The van der Waals surface area contributed by atoms with E-state index in [1.54, 1.807) is 7.11 Å². The van der Waals surface area contributed by atoms with Gasteiger partial charge in [0.2, 0.25) is 5.91 Å². The number of carbonyl (C=O) groups is 1. The van der Waals surface area contributed by atoms with Crippen LogP contribution in [0, 0.1) is 0 Å². The minimum atomic E-state index is 0.0699. The zero-order chi connectivity index (χ0) is 15.7. The Bertz CT molecular complexity index is 297. The Kier molecular flexibility index (Phi) is 8.18. The van der Waals surface area contributed by atoms with Gasteiger partial charge in [-0.05, 0) is 20.8 Å². The number of rotatable bonds is 8. The van der Waals surface area contributed by atoms with Gasteiger partial charge in [0, 0.05) is 38.8 Å². The minimum Gasteiger partial charge on any atom is -0.382 e. The zero-order valence-corrected chi connectivity index (χ0v) is 13.9. The van der Waals surface area contributed by atoms with Gasteiger partial charge in [-0.3, -0.25) is 9.69 Å². The van der Waals surface area contributed by atoms with Gasteiger partial charge in [0.05, 0.1) is 26.4 Å². The molecule has 0 aromatic carbocycles. The molecule has 1 rings (SSSR count). The number of nitrogens with zero attached hydrogens (tertiary/aromatic N) is 2. The van der Waals surface area contributed by atoms with Crippen molar-refractivity contribution >= 4 is 5.91 Å². The Hall–Kier alpha value is -0.690. The van der Waals surface area contributed by atoms with E-state index in [1.165, 1.54) is 0 Å². The maximum absolute atomic E-state index is 12.0. The van der Waals surface area contributed by atoms with Gasteiger partial charge in [0.1, 0.15) is 6.61 Å². The van der Waals surface area contributed by atoms with Crippen molar-refractivity contribution in [2.45, 2.75) is 26.3 Å². The molecule has 0 spiro atoms. The van der Waals surface area contributed by atoms with Crippen LogP contribution < -0.4 is 0 Å². The van der Waals surface area contributed by atoms with Crippen molar-refractivity contribution in [3.8, 4) is 0 Å².